The van der Waals surface area contributed by atoms with Gasteiger partial charge in [-0.15, -0.1) is 0 Å². The molecule has 2 heteroatoms. The van der Waals surface area contributed by atoms with Gasteiger partial charge >= 0.3 is 0 Å². The second kappa shape index (κ2) is 5.29. The summed E-state index contributed by atoms with van der Waals surface area (Å²) in [6.45, 7) is 0. The van der Waals surface area contributed by atoms with Gasteiger partial charge in [0.2, 0.25) is 0 Å². The maximum Gasteiger partial charge on any atom is 0.0154 e. The van der Waals surface area contributed by atoms with Crippen molar-refractivity contribution in [3.63, 3.8) is 0 Å². The van der Waals surface area contributed by atoms with Crippen LogP contribution in [0.15, 0.2) is 64.4 Å². The summed E-state index contributed by atoms with van der Waals surface area (Å²) in [5, 5.41) is 0. The highest BCUT2D eigenvalue weighted by molar-refractivity contribution is 7.99. The highest BCUT2D eigenvalue weighted by Crippen LogP contribution is 2.27. The highest BCUT2D eigenvalue weighted by atomic mass is 32.2. The molecular weight excluding hydrogens is 220 g/mol. The number of hydrogen-bond donors (Lipinski definition) is 1. The van der Waals surface area contributed by atoms with Crippen molar-refractivity contribution in [1.82, 2.24) is 0 Å². The average molecular weight is 232 g/mol. The maximum atomic E-state index is 4.24. The summed E-state index contributed by atoms with van der Waals surface area (Å²) in [5.74, 6) is 0.802. The van der Waals surface area contributed by atoms with Crippen molar-refractivity contribution in [2.24, 2.45) is 0 Å². The topological polar surface area (TPSA) is 0 Å². The lowest BCUT2D eigenvalue weighted by Crippen LogP contribution is -1.77. The van der Waals surface area contributed by atoms with Gasteiger partial charge in [0.25, 0.3) is 0 Å². The first-order valence-corrected chi connectivity index (χ1v) is 6.26. The van der Waals surface area contributed by atoms with Crippen LogP contribution in [-0.4, -0.2) is 0 Å². The zero-order valence-corrected chi connectivity index (χ0v) is 9.97. The third-order valence-electron chi connectivity index (χ3n) is 2.08. The molecule has 0 bridgehead atoms. The number of benzene rings is 2. The van der Waals surface area contributed by atoms with Gasteiger partial charge in [-0.3, -0.25) is 0 Å². The smallest absolute Gasteiger partial charge is 0.0154 e. The van der Waals surface area contributed by atoms with E-state index in [2.05, 4.69) is 61.2 Å². The van der Waals surface area contributed by atoms with Crippen LogP contribution in [0.2, 0.25) is 0 Å². The van der Waals surface area contributed by atoms with Crippen molar-refractivity contribution in [2.45, 2.75) is 15.5 Å². The molecule has 76 valence electrons. The van der Waals surface area contributed by atoms with Crippen molar-refractivity contribution in [3.05, 3.63) is 60.2 Å². The number of rotatable bonds is 3. The third kappa shape index (κ3) is 3.05. The van der Waals surface area contributed by atoms with E-state index < -0.39 is 0 Å². The van der Waals surface area contributed by atoms with Gasteiger partial charge in [0.15, 0.2) is 0 Å². The van der Waals surface area contributed by atoms with Crippen LogP contribution in [0.5, 0.6) is 0 Å². The standard InChI is InChI=1S/C13H12S2/c14-10-11-6-8-13(9-7-11)15-12-4-2-1-3-5-12/h1-9,14H,10H2. The Morgan fingerprint density at radius 1 is 0.800 bits per heavy atom. The van der Waals surface area contributed by atoms with Gasteiger partial charge in [-0.2, -0.15) is 12.6 Å². The molecule has 2 rings (SSSR count). The Morgan fingerprint density at radius 3 is 2.00 bits per heavy atom. The van der Waals surface area contributed by atoms with E-state index in [9.17, 15) is 0 Å². The van der Waals surface area contributed by atoms with Gasteiger partial charge < -0.3 is 0 Å². The summed E-state index contributed by atoms with van der Waals surface area (Å²) < 4.78 is 0. The molecular formula is C13H12S2. The van der Waals surface area contributed by atoms with Crippen LogP contribution in [0.4, 0.5) is 0 Å². The average Bonchev–Trinajstić information content (AvgIpc) is 2.31. The largest absolute Gasteiger partial charge is 0.175 e. The summed E-state index contributed by atoms with van der Waals surface area (Å²) in [6.07, 6.45) is 0. The second-order valence-electron chi connectivity index (χ2n) is 3.22. The number of thiol groups is 1. The first-order valence-electron chi connectivity index (χ1n) is 4.81. The molecule has 0 aliphatic carbocycles. The molecule has 0 aromatic heterocycles. The van der Waals surface area contributed by atoms with Gasteiger partial charge in [-0.05, 0) is 29.8 Å². The Balaban J connectivity index is 2.11. The molecule has 0 spiro atoms. The molecule has 0 aliphatic rings. The first kappa shape index (κ1) is 10.7. The van der Waals surface area contributed by atoms with Crippen molar-refractivity contribution in [3.8, 4) is 0 Å². The van der Waals surface area contributed by atoms with Gasteiger partial charge in [0, 0.05) is 15.5 Å². The van der Waals surface area contributed by atoms with E-state index in [1.165, 1.54) is 15.4 Å². The summed E-state index contributed by atoms with van der Waals surface area (Å²) in [5.41, 5.74) is 1.26. The molecule has 2 aromatic rings. The molecule has 0 nitrogen and oxygen atoms in total. The lowest BCUT2D eigenvalue weighted by Gasteiger charge is -2.02. The summed E-state index contributed by atoms with van der Waals surface area (Å²) in [7, 11) is 0. The lowest BCUT2D eigenvalue weighted by molar-refractivity contribution is 1.34. The van der Waals surface area contributed by atoms with Crippen molar-refractivity contribution in [1.29, 1.82) is 0 Å². The Hall–Kier alpha value is -0.860. The summed E-state index contributed by atoms with van der Waals surface area (Å²) in [4.78, 5) is 2.54. The maximum absolute atomic E-state index is 4.24. The van der Waals surface area contributed by atoms with Crippen LogP contribution < -0.4 is 0 Å². The van der Waals surface area contributed by atoms with Crippen molar-refractivity contribution in [2.75, 3.05) is 0 Å². The molecule has 15 heavy (non-hydrogen) atoms. The predicted molar refractivity (Wildman–Crippen MR) is 69.7 cm³/mol. The molecule has 0 amide bonds. The molecule has 0 unspecified atom stereocenters. The second-order valence-corrected chi connectivity index (χ2v) is 4.68. The van der Waals surface area contributed by atoms with Crippen molar-refractivity contribution < 1.29 is 0 Å². The molecule has 0 saturated heterocycles. The van der Waals surface area contributed by atoms with E-state index in [1.54, 1.807) is 11.8 Å². The molecule has 0 atom stereocenters. The Morgan fingerprint density at radius 2 is 1.40 bits per heavy atom. The minimum atomic E-state index is 0.802. The van der Waals surface area contributed by atoms with E-state index in [4.69, 9.17) is 0 Å². The molecule has 0 heterocycles. The number of hydrogen-bond acceptors (Lipinski definition) is 2. The molecule has 0 aliphatic heterocycles. The van der Waals surface area contributed by atoms with Crippen molar-refractivity contribution >= 4 is 24.4 Å². The fourth-order valence-electron chi connectivity index (χ4n) is 1.29. The van der Waals surface area contributed by atoms with Crippen LogP contribution >= 0.6 is 24.4 Å². The van der Waals surface area contributed by atoms with E-state index in [0.29, 0.717) is 0 Å². The minimum Gasteiger partial charge on any atom is -0.175 e. The predicted octanol–water partition coefficient (Wildman–Crippen LogP) is 4.27. The first-order chi connectivity index (χ1) is 7.38. The zero-order chi connectivity index (χ0) is 10.5. The van der Waals surface area contributed by atoms with Gasteiger partial charge in [0.05, 0.1) is 0 Å². The molecule has 0 N–H and O–H groups in total. The van der Waals surface area contributed by atoms with E-state index >= 15 is 0 Å². The van der Waals surface area contributed by atoms with E-state index in [1.807, 2.05) is 6.07 Å². The summed E-state index contributed by atoms with van der Waals surface area (Å²) in [6, 6.07) is 18.9. The van der Waals surface area contributed by atoms with Crippen LogP contribution in [-0.2, 0) is 5.75 Å². The monoisotopic (exact) mass is 232 g/mol. The van der Waals surface area contributed by atoms with Crippen LogP contribution in [0.1, 0.15) is 5.56 Å². The van der Waals surface area contributed by atoms with Crippen LogP contribution in [0.3, 0.4) is 0 Å². The fraction of sp³-hybridized carbons (Fsp3) is 0.0769. The summed E-state index contributed by atoms with van der Waals surface area (Å²) >= 11 is 6.02. The molecule has 2 aromatic carbocycles. The molecule has 0 fully saturated rings. The zero-order valence-electron chi connectivity index (χ0n) is 8.26. The fourth-order valence-corrected chi connectivity index (χ4v) is 2.34. The molecule has 0 saturated carbocycles. The SMILES string of the molecule is SCc1ccc(Sc2ccccc2)cc1. The minimum absolute atomic E-state index is 0.802. The third-order valence-corrected chi connectivity index (χ3v) is 3.47. The van der Waals surface area contributed by atoms with Crippen LogP contribution in [0, 0.1) is 0 Å². The van der Waals surface area contributed by atoms with E-state index in [0.717, 1.165) is 5.75 Å². The Labute approximate surface area is 100 Å². The quantitative estimate of drug-likeness (QED) is 0.771. The lowest BCUT2D eigenvalue weighted by atomic mass is 10.2. The van der Waals surface area contributed by atoms with Gasteiger partial charge in [-0.25, -0.2) is 0 Å². The van der Waals surface area contributed by atoms with Crippen LogP contribution in [0.25, 0.3) is 0 Å². The Kier molecular flexibility index (Phi) is 3.75. The Bertz CT molecular complexity index is 406. The van der Waals surface area contributed by atoms with Gasteiger partial charge in [0.1, 0.15) is 0 Å². The highest BCUT2D eigenvalue weighted by Gasteiger charge is 1.96. The van der Waals surface area contributed by atoms with Gasteiger partial charge in [-0.1, -0.05) is 42.1 Å². The van der Waals surface area contributed by atoms with E-state index in [-0.39, 0.29) is 0 Å². The molecule has 0 radical (unpaired) electrons. The normalized spacial score (nSPS) is 10.2.